The summed E-state index contributed by atoms with van der Waals surface area (Å²) in [6, 6.07) is 4.26. The van der Waals surface area contributed by atoms with Crippen LogP contribution in [0.3, 0.4) is 0 Å². The molecule has 0 radical (unpaired) electrons. The van der Waals surface area contributed by atoms with Crippen LogP contribution in [0.25, 0.3) is 0 Å². The van der Waals surface area contributed by atoms with Crippen molar-refractivity contribution in [2.24, 2.45) is 5.41 Å². The summed E-state index contributed by atoms with van der Waals surface area (Å²) in [7, 11) is 1.47. The first-order valence-corrected chi connectivity index (χ1v) is 6.11. The average Bonchev–Trinajstić information content (AvgIpc) is 2.65. The zero-order valence-electron chi connectivity index (χ0n) is 11.6. The van der Waals surface area contributed by atoms with Gasteiger partial charge in [0, 0.05) is 17.7 Å². The fraction of sp³-hybridized carbons (Fsp3) is 0.462. The number of hydroxylamine groups is 2. The first-order chi connectivity index (χ1) is 9.35. The van der Waals surface area contributed by atoms with Gasteiger partial charge < -0.3 is 4.74 Å². The lowest BCUT2D eigenvalue weighted by atomic mass is 9.95. The molecule has 1 aromatic rings. The Hall–Kier alpha value is -2.15. The van der Waals surface area contributed by atoms with Gasteiger partial charge in [0.25, 0.3) is 11.6 Å². The Morgan fingerprint density at radius 1 is 1.50 bits per heavy atom. The SMILES string of the molecule is COc1ccc([N+](=O)[O-])cc1CN1OCC(C)(C)C1=O. The van der Waals surface area contributed by atoms with Crippen molar-refractivity contribution in [1.82, 2.24) is 5.06 Å². The molecule has 2 rings (SSSR count). The number of hydrogen-bond donors (Lipinski definition) is 0. The summed E-state index contributed by atoms with van der Waals surface area (Å²) in [5.41, 5.74) is -0.0898. The van der Waals surface area contributed by atoms with Crippen molar-refractivity contribution in [3.8, 4) is 5.75 Å². The van der Waals surface area contributed by atoms with E-state index >= 15 is 0 Å². The number of amides is 1. The van der Waals surface area contributed by atoms with Crippen LogP contribution in [0.15, 0.2) is 18.2 Å². The van der Waals surface area contributed by atoms with E-state index in [1.807, 2.05) is 0 Å². The van der Waals surface area contributed by atoms with E-state index in [4.69, 9.17) is 9.57 Å². The molecule has 0 unspecified atom stereocenters. The predicted octanol–water partition coefficient (Wildman–Crippen LogP) is 1.90. The normalized spacial score (nSPS) is 17.4. The van der Waals surface area contributed by atoms with Gasteiger partial charge in [-0.05, 0) is 19.9 Å². The molecule has 1 fully saturated rings. The van der Waals surface area contributed by atoms with Crippen molar-refractivity contribution in [2.75, 3.05) is 13.7 Å². The third-order valence-electron chi connectivity index (χ3n) is 3.18. The second-order valence-corrected chi connectivity index (χ2v) is 5.25. The minimum atomic E-state index is -0.575. The third kappa shape index (κ3) is 2.57. The summed E-state index contributed by atoms with van der Waals surface area (Å²) in [5.74, 6) is 0.336. The zero-order valence-corrected chi connectivity index (χ0v) is 11.6. The monoisotopic (exact) mass is 280 g/mol. The molecule has 1 amide bonds. The van der Waals surface area contributed by atoms with Crippen molar-refractivity contribution in [1.29, 1.82) is 0 Å². The van der Waals surface area contributed by atoms with Crippen LogP contribution in [-0.4, -0.2) is 29.6 Å². The number of nitrogens with zero attached hydrogens (tertiary/aromatic N) is 2. The van der Waals surface area contributed by atoms with Crippen LogP contribution < -0.4 is 4.74 Å². The molecule has 1 aromatic carbocycles. The smallest absolute Gasteiger partial charge is 0.270 e. The van der Waals surface area contributed by atoms with E-state index in [1.165, 1.54) is 30.4 Å². The van der Waals surface area contributed by atoms with Crippen LogP contribution in [0.1, 0.15) is 19.4 Å². The Balaban J connectivity index is 2.26. The van der Waals surface area contributed by atoms with Gasteiger partial charge >= 0.3 is 0 Å². The highest BCUT2D eigenvalue weighted by Gasteiger charge is 2.40. The number of rotatable bonds is 4. The fourth-order valence-electron chi connectivity index (χ4n) is 1.97. The summed E-state index contributed by atoms with van der Waals surface area (Å²) in [5, 5.41) is 12.0. The molecule has 108 valence electrons. The van der Waals surface area contributed by atoms with Gasteiger partial charge in [0.2, 0.25) is 0 Å². The molecule has 0 saturated carbocycles. The number of hydrogen-bond acceptors (Lipinski definition) is 5. The molecule has 1 aliphatic rings. The van der Waals surface area contributed by atoms with E-state index < -0.39 is 10.3 Å². The van der Waals surface area contributed by atoms with E-state index in [0.29, 0.717) is 17.9 Å². The van der Waals surface area contributed by atoms with Gasteiger partial charge in [-0.15, -0.1) is 0 Å². The maximum absolute atomic E-state index is 12.1. The van der Waals surface area contributed by atoms with Crippen LogP contribution in [0.4, 0.5) is 5.69 Å². The molecule has 1 aliphatic heterocycles. The summed E-state index contributed by atoms with van der Waals surface area (Å²) in [4.78, 5) is 27.7. The van der Waals surface area contributed by atoms with Crippen molar-refractivity contribution in [3.63, 3.8) is 0 Å². The minimum absolute atomic E-state index is 0.0493. The van der Waals surface area contributed by atoms with Gasteiger partial charge in [-0.2, -0.15) is 0 Å². The Bertz CT molecular complexity index is 556. The van der Waals surface area contributed by atoms with Crippen LogP contribution in [0, 0.1) is 15.5 Å². The first-order valence-electron chi connectivity index (χ1n) is 6.11. The number of non-ortho nitro benzene ring substituents is 1. The Morgan fingerprint density at radius 3 is 2.70 bits per heavy atom. The summed E-state index contributed by atoms with van der Waals surface area (Å²) in [6.07, 6.45) is 0. The molecule has 1 saturated heterocycles. The Kier molecular flexibility index (Phi) is 3.63. The molecule has 7 heteroatoms. The number of ether oxygens (including phenoxy) is 1. The first kappa shape index (κ1) is 14.3. The second kappa shape index (κ2) is 5.09. The lowest BCUT2D eigenvalue weighted by molar-refractivity contribution is -0.385. The number of nitro benzene ring substituents is 1. The topological polar surface area (TPSA) is 81.9 Å². The molecule has 0 aliphatic carbocycles. The third-order valence-corrected chi connectivity index (χ3v) is 3.18. The lowest BCUT2D eigenvalue weighted by Crippen LogP contribution is -2.30. The van der Waals surface area contributed by atoms with Gasteiger partial charge in [-0.3, -0.25) is 19.7 Å². The largest absolute Gasteiger partial charge is 0.496 e. The number of methoxy groups -OCH3 is 1. The molecule has 7 nitrogen and oxygen atoms in total. The molecule has 0 bridgehead atoms. The van der Waals surface area contributed by atoms with Gasteiger partial charge in [-0.25, -0.2) is 5.06 Å². The standard InChI is InChI=1S/C13H16N2O5/c1-13(2)8-20-14(12(13)16)7-9-6-10(15(17)18)4-5-11(9)19-3/h4-6H,7-8H2,1-3H3. The maximum atomic E-state index is 12.1. The van der Waals surface area contributed by atoms with Crippen molar-refractivity contribution >= 4 is 11.6 Å². The zero-order chi connectivity index (χ0) is 14.9. The molecule has 0 aromatic heterocycles. The fourth-order valence-corrected chi connectivity index (χ4v) is 1.97. The highest BCUT2D eigenvalue weighted by Crippen LogP contribution is 2.31. The van der Waals surface area contributed by atoms with E-state index in [2.05, 4.69) is 0 Å². The molecular weight excluding hydrogens is 264 g/mol. The number of nitro groups is 1. The second-order valence-electron chi connectivity index (χ2n) is 5.25. The van der Waals surface area contributed by atoms with E-state index in [0.717, 1.165) is 0 Å². The number of carbonyl (C=O) groups is 1. The van der Waals surface area contributed by atoms with Crippen LogP contribution >= 0.6 is 0 Å². The Labute approximate surface area is 116 Å². The van der Waals surface area contributed by atoms with Crippen LogP contribution in [-0.2, 0) is 16.2 Å². The van der Waals surface area contributed by atoms with Gasteiger partial charge in [0.05, 0.1) is 30.6 Å². The predicted molar refractivity (Wildman–Crippen MR) is 69.9 cm³/mol. The van der Waals surface area contributed by atoms with E-state index in [-0.39, 0.29) is 18.1 Å². The highest BCUT2D eigenvalue weighted by atomic mass is 16.7. The Morgan fingerprint density at radius 2 is 2.20 bits per heavy atom. The molecule has 1 heterocycles. The van der Waals surface area contributed by atoms with Gasteiger partial charge in [0.15, 0.2) is 0 Å². The molecule has 0 spiro atoms. The lowest BCUT2D eigenvalue weighted by Gasteiger charge is -2.17. The minimum Gasteiger partial charge on any atom is -0.496 e. The van der Waals surface area contributed by atoms with E-state index in [1.54, 1.807) is 13.8 Å². The van der Waals surface area contributed by atoms with Crippen molar-refractivity contribution in [3.05, 3.63) is 33.9 Å². The van der Waals surface area contributed by atoms with Crippen LogP contribution in [0.2, 0.25) is 0 Å². The molecule has 0 atom stereocenters. The van der Waals surface area contributed by atoms with E-state index in [9.17, 15) is 14.9 Å². The molecule has 0 N–H and O–H groups in total. The summed E-state index contributed by atoms with van der Waals surface area (Å²) >= 11 is 0. The van der Waals surface area contributed by atoms with Gasteiger partial charge in [-0.1, -0.05) is 0 Å². The van der Waals surface area contributed by atoms with Gasteiger partial charge in [0.1, 0.15) is 5.75 Å². The summed E-state index contributed by atoms with van der Waals surface area (Å²) < 4.78 is 5.16. The van der Waals surface area contributed by atoms with Crippen LogP contribution in [0.5, 0.6) is 5.75 Å². The maximum Gasteiger partial charge on any atom is 0.270 e. The van der Waals surface area contributed by atoms with Crippen molar-refractivity contribution in [2.45, 2.75) is 20.4 Å². The average molecular weight is 280 g/mol. The number of carbonyl (C=O) groups excluding carboxylic acids is 1. The van der Waals surface area contributed by atoms with Crippen molar-refractivity contribution < 1.29 is 19.3 Å². The highest BCUT2D eigenvalue weighted by molar-refractivity contribution is 5.82. The number of benzene rings is 1. The molecular formula is C13H16N2O5. The quantitative estimate of drug-likeness (QED) is 0.621. The molecule has 20 heavy (non-hydrogen) atoms. The summed E-state index contributed by atoms with van der Waals surface area (Å²) in [6.45, 7) is 4.00.